The first-order valence-electron chi connectivity index (χ1n) is 8.85. The third-order valence-electron chi connectivity index (χ3n) is 4.17. The minimum Gasteiger partial charge on any atom is -0.458 e. The monoisotopic (exact) mass is 375 g/mol. The van der Waals surface area contributed by atoms with Crippen LogP contribution in [0.3, 0.4) is 0 Å². The molecule has 142 valence electrons. The maximum Gasteiger partial charge on any atom is 0.313 e. The number of carbonyl (C=O) groups is 2. The molecule has 0 radical (unpaired) electrons. The van der Waals surface area contributed by atoms with E-state index in [1.54, 1.807) is 42.6 Å². The highest BCUT2D eigenvalue weighted by Crippen LogP contribution is 2.17. The number of furan rings is 1. The minimum absolute atomic E-state index is 0.110. The van der Waals surface area contributed by atoms with Gasteiger partial charge in [0.2, 0.25) is 0 Å². The Kier molecular flexibility index (Phi) is 6.01. The molecule has 1 heterocycles. The van der Waals surface area contributed by atoms with Crippen LogP contribution in [-0.4, -0.2) is 18.0 Å². The number of nitrogens with one attached hydrogen (secondary N) is 2. The fourth-order valence-corrected chi connectivity index (χ4v) is 2.46. The first-order chi connectivity index (χ1) is 13.5. The van der Waals surface area contributed by atoms with Crippen LogP contribution < -0.4 is 10.6 Å². The van der Waals surface area contributed by atoms with E-state index in [4.69, 9.17) is 4.42 Å². The van der Waals surface area contributed by atoms with Gasteiger partial charge in [-0.1, -0.05) is 24.3 Å². The van der Waals surface area contributed by atoms with Gasteiger partial charge in [-0.2, -0.15) is 0 Å². The van der Waals surface area contributed by atoms with E-state index < -0.39 is 11.8 Å². The van der Waals surface area contributed by atoms with Gasteiger partial charge in [0.15, 0.2) is 0 Å². The molecule has 0 aliphatic heterocycles. The zero-order valence-electron chi connectivity index (χ0n) is 15.7. The van der Waals surface area contributed by atoms with Crippen molar-refractivity contribution in [1.82, 2.24) is 5.32 Å². The molecule has 6 nitrogen and oxygen atoms in total. The van der Waals surface area contributed by atoms with Crippen LogP contribution >= 0.6 is 0 Å². The van der Waals surface area contributed by atoms with Crippen molar-refractivity contribution >= 4 is 29.4 Å². The first-order valence-corrected chi connectivity index (χ1v) is 8.85. The molecule has 2 amide bonds. The summed E-state index contributed by atoms with van der Waals surface area (Å²) in [5, 5.41) is 5.06. The van der Waals surface area contributed by atoms with Gasteiger partial charge < -0.3 is 15.1 Å². The number of aryl methyl sites for hydroxylation is 2. The molecule has 3 aromatic rings. The van der Waals surface area contributed by atoms with E-state index in [1.807, 2.05) is 31.2 Å². The zero-order chi connectivity index (χ0) is 19.9. The van der Waals surface area contributed by atoms with Crippen molar-refractivity contribution in [2.75, 3.05) is 5.32 Å². The van der Waals surface area contributed by atoms with Crippen molar-refractivity contribution in [3.63, 3.8) is 0 Å². The number of hydrogen-bond acceptors (Lipinski definition) is 4. The molecule has 0 fully saturated rings. The molecule has 0 unspecified atom stereocenters. The summed E-state index contributed by atoms with van der Waals surface area (Å²) in [6.07, 6.45) is 1.62. The van der Waals surface area contributed by atoms with Crippen LogP contribution in [0.25, 0.3) is 0 Å². The van der Waals surface area contributed by atoms with E-state index in [9.17, 15) is 9.59 Å². The van der Waals surface area contributed by atoms with Crippen molar-refractivity contribution in [1.29, 1.82) is 0 Å². The van der Waals surface area contributed by atoms with Gasteiger partial charge in [0.1, 0.15) is 11.5 Å². The Hall–Kier alpha value is -3.67. The summed E-state index contributed by atoms with van der Waals surface area (Å²) in [5.74, 6) is -0.363. The molecule has 0 bridgehead atoms. The molecule has 3 rings (SSSR count). The molecule has 28 heavy (non-hydrogen) atoms. The van der Waals surface area contributed by atoms with Gasteiger partial charge in [0, 0.05) is 5.69 Å². The zero-order valence-corrected chi connectivity index (χ0v) is 15.7. The summed E-state index contributed by atoms with van der Waals surface area (Å²) in [6, 6.07) is 18.2. The SMILES string of the molecule is Cc1ccc(N=Cc2ccc(CNC(=O)C(=O)Nc3ccccc3)o2)cc1C. The Morgan fingerprint density at radius 3 is 2.50 bits per heavy atom. The number of nitrogens with zero attached hydrogens (tertiary/aromatic N) is 1. The standard InChI is InChI=1S/C22H21N3O3/c1-15-8-9-18(12-16(15)2)23-13-19-10-11-20(28-19)14-24-21(26)22(27)25-17-6-4-3-5-7-17/h3-13H,14H2,1-2H3,(H,24,26)(H,25,27). The summed E-state index contributed by atoms with van der Waals surface area (Å²) >= 11 is 0. The van der Waals surface area contributed by atoms with E-state index in [2.05, 4.69) is 22.5 Å². The lowest BCUT2D eigenvalue weighted by atomic mass is 10.1. The van der Waals surface area contributed by atoms with Crippen LogP contribution in [0.5, 0.6) is 0 Å². The maximum absolute atomic E-state index is 11.9. The van der Waals surface area contributed by atoms with Crippen molar-refractivity contribution < 1.29 is 14.0 Å². The first kappa shape index (κ1) is 19.1. The Labute approximate surface area is 163 Å². The average molecular weight is 375 g/mol. The second-order valence-corrected chi connectivity index (χ2v) is 6.33. The third-order valence-corrected chi connectivity index (χ3v) is 4.17. The molecule has 0 spiro atoms. The van der Waals surface area contributed by atoms with E-state index >= 15 is 0 Å². The Morgan fingerprint density at radius 1 is 0.964 bits per heavy atom. The number of carbonyl (C=O) groups excluding carboxylic acids is 2. The summed E-state index contributed by atoms with van der Waals surface area (Å²) in [7, 11) is 0. The van der Waals surface area contributed by atoms with Crippen molar-refractivity contribution in [3.8, 4) is 0 Å². The van der Waals surface area contributed by atoms with Crippen LogP contribution in [0.4, 0.5) is 11.4 Å². The lowest BCUT2D eigenvalue weighted by Crippen LogP contribution is -2.34. The van der Waals surface area contributed by atoms with Gasteiger partial charge in [-0.05, 0) is 61.4 Å². The number of rotatable bonds is 5. The van der Waals surface area contributed by atoms with Gasteiger partial charge >= 0.3 is 11.8 Å². The molecular formula is C22H21N3O3. The number of amides is 2. The molecule has 0 aliphatic carbocycles. The summed E-state index contributed by atoms with van der Waals surface area (Å²) in [6.45, 7) is 4.20. The Bertz CT molecular complexity index is 1010. The molecule has 2 aromatic carbocycles. The Balaban J connectivity index is 1.52. The van der Waals surface area contributed by atoms with Gasteiger partial charge in [-0.25, -0.2) is 0 Å². The number of para-hydroxylation sites is 1. The van der Waals surface area contributed by atoms with Crippen LogP contribution in [0.2, 0.25) is 0 Å². The predicted molar refractivity (Wildman–Crippen MR) is 109 cm³/mol. The van der Waals surface area contributed by atoms with Crippen molar-refractivity contribution in [3.05, 3.63) is 83.3 Å². The van der Waals surface area contributed by atoms with E-state index in [1.165, 1.54) is 11.1 Å². The second kappa shape index (κ2) is 8.81. The average Bonchev–Trinajstić information content (AvgIpc) is 3.15. The number of aliphatic imine (C=N–C) groups is 1. The topological polar surface area (TPSA) is 83.7 Å². The fourth-order valence-electron chi connectivity index (χ4n) is 2.46. The fraction of sp³-hybridized carbons (Fsp3) is 0.136. The minimum atomic E-state index is -0.731. The molecule has 0 atom stereocenters. The molecule has 2 N–H and O–H groups in total. The highest BCUT2D eigenvalue weighted by Gasteiger charge is 2.14. The van der Waals surface area contributed by atoms with E-state index in [0.29, 0.717) is 17.2 Å². The quantitative estimate of drug-likeness (QED) is 0.524. The molecule has 1 aromatic heterocycles. The molecule has 0 saturated heterocycles. The van der Waals surface area contributed by atoms with Gasteiger partial charge in [-0.3, -0.25) is 14.6 Å². The summed E-state index contributed by atoms with van der Waals surface area (Å²) in [5.41, 5.74) is 3.79. The number of hydrogen-bond donors (Lipinski definition) is 2. The Morgan fingerprint density at radius 2 is 1.75 bits per heavy atom. The van der Waals surface area contributed by atoms with E-state index in [-0.39, 0.29) is 6.54 Å². The van der Waals surface area contributed by atoms with E-state index in [0.717, 1.165) is 5.69 Å². The number of anilines is 1. The third kappa shape index (κ3) is 5.17. The molecule has 0 saturated carbocycles. The number of benzene rings is 2. The molecular weight excluding hydrogens is 354 g/mol. The smallest absolute Gasteiger partial charge is 0.313 e. The summed E-state index contributed by atoms with van der Waals surface area (Å²) in [4.78, 5) is 28.2. The lowest BCUT2D eigenvalue weighted by molar-refractivity contribution is -0.136. The van der Waals surface area contributed by atoms with Crippen molar-refractivity contribution in [2.24, 2.45) is 4.99 Å². The highest BCUT2D eigenvalue weighted by molar-refractivity contribution is 6.39. The normalized spacial score (nSPS) is 10.8. The van der Waals surface area contributed by atoms with Crippen molar-refractivity contribution in [2.45, 2.75) is 20.4 Å². The highest BCUT2D eigenvalue weighted by atomic mass is 16.3. The molecule has 0 aliphatic rings. The largest absolute Gasteiger partial charge is 0.458 e. The summed E-state index contributed by atoms with van der Waals surface area (Å²) < 4.78 is 5.61. The van der Waals surface area contributed by atoms with Gasteiger partial charge in [0.05, 0.1) is 18.4 Å². The predicted octanol–water partition coefficient (Wildman–Crippen LogP) is 3.90. The van der Waals surface area contributed by atoms with Crippen LogP contribution in [0.15, 0.2) is 70.1 Å². The second-order valence-electron chi connectivity index (χ2n) is 6.33. The maximum atomic E-state index is 11.9. The van der Waals surface area contributed by atoms with Crippen LogP contribution in [0, 0.1) is 13.8 Å². The van der Waals surface area contributed by atoms with Gasteiger partial charge in [0.25, 0.3) is 0 Å². The van der Waals surface area contributed by atoms with Gasteiger partial charge in [-0.15, -0.1) is 0 Å². The molecule has 6 heteroatoms. The lowest BCUT2D eigenvalue weighted by Gasteiger charge is -2.05. The van der Waals surface area contributed by atoms with Crippen LogP contribution in [0.1, 0.15) is 22.6 Å². The van der Waals surface area contributed by atoms with Crippen LogP contribution in [-0.2, 0) is 16.1 Å².